The van der Waals surface area contributed by atoms with Crippen molar-refractivity contribution in [1.29, 1.82) is 0 Å². The van der Waals surface area contributed by atoms with Gasteiger partial charge >= 0.3 is 18.4 Å². The molecule has 2 amide bonds. The molecule has 0 saturated carbocycles. The normalized spacial score (nSPS) is 20.5. The molecule has 2 N–H and O–H groups in total. The van der Waals surface area contributed by atoms with Crippen molar-refractivity contribution in [1.82, 2.24) is 9.80 Å². The second-order valence-corrected chi connectivity index (χ2v) is 8.26. The number of halogens is 6. The van der Waals surface area contributed by atoms with E-state index in [0.29, 0.717) is 31.5 Å². The first-order valence-corrected chi connectivity index (χ1v) is 10.4. The molecule has 180 valence electrons. The van der Waals surface area contributed by atoms with Crippen molar-refractivity contribution in [2.75, 3.05) is 13.6 Å². The first kappa shape index (κ1) is 24.9. The Morgan fingerprint density at radius 3 is 2.09 bits per heavy atom. The van der Waals surface area contributed by atoms with Gasteiger partial charge in [0.2, 0.25) is 0 Å². The molecule has 0 aliphatic carbocycles. The molecule has 1 aliphatic heterocycles. The number of carbonyl (C=O) groups excluding carboxylic acids is 1. The standard InChI is InChI=1S/C23H25F6N3O/c1-14(16-11-17(22(24,25)26)13-18(12-16)23(27,28)29)31(2)21(33)32-10-6-9-19(30)20(32)15-7-4-3-5-8-15/h3-5,7-8,11-14,19-20H,6,9-10,30H2,1-2H3/t14?,19-,20-/m0/s1. The van der Waals surface area contributed by atoms with Gasteiger partial charge in [0.15, 0.2) is 0 Å². The van der Waals surface area contributed by atoms with Crippen LogP contribution < -0.4 is 5.73 Å². The van der Waals surface area contributed by atoms with Gasteiger partial charge in [-0.15, -0.1) is 0 Å². The number of nitrogens with two attached hydrogens (primary N) is 1. The quantitative estimate of drug-likeness (QED) is 0.556. The topological polar surface area (TPSA) is 49.6 Å². The Labute approximate surface area is 188 Å². The summed E-state index contributed by atoms with van der Waals surface area (Å²) in [6, 6.07) is 8.14. The molecule has 1 unspecified atom stereocenters. The third-order valence-electron chi connectivity index (χ3n) is 6.04. The van der Waals surface area contributed by atoms with Gasteiger partial charge in [-0.3, -0.25) is 0 Å². The lowest BCUT2D eigenvalue weighted by atomic mass is 9.91. The number of hydrogen-bond acceptors (Lipinski definition) is 2. The van der Waals surface area contributed by atoms with E-state index in [0.717, 1.165) is 10.5 Å². The molecule has 0 spiro atoms. The number of alkyl halides is 6. The average molecular weight is 473 g/mol. The fraction of sp³-hybridized carbons (Fsp3) is 0.435. The van der Waals surface area contributed by atoms with Crippen LogP contribution >= 0.6 is 0 Å². The Hall–Kier alpha value is -2.75. The third-order valence-corrected chi connectivity index (χ3v) is 6.04. The van der Waals surface area contributed by atoms with E-state index >= 15 is 0 Å². The van der Waals surface area contributed by atoms with Crippen molar-refractivity contribution in [2.24, 2.45) is 5.73 Å². The Kier molecular flexibility index (Phi) is 6.97. The van der Waals surface area contributed by atoms with Gasteiger partial charge in [0.05, 0.1) is 23.2 Å². The number of nitrogens with zero attached hydrogens (tertiary/aromatic N) is 2. The molecule has 0 radical (unpaired) electrons. The summed E-state index contributed by atoms with van der Waals surface area (Å²) in [5, 5.41) is 0. The first-order valence-electron chi connectivity index (χ1n) is 10.4. The van der Waals surface area contributed by atoms with Gasteiger partial charge in [0, 0.05) is 19.6 Å². The van der Waals surface area contributed by atoms with Crippen LogP contribution in [0.3, 0.4) is 0 Å². The van der Waals surface area contributed by atoms with Crippen molar-refractivity contribution in [3.63, 3.8) is 0 Å². The molecular formula is C23H25F6N3O. The Morgan fingerprint density at radius 2 is 1.58 bits per heavy atom. The maximum absolute atomic E-state index is 13.4. The fourth-order valence-corrected chi connectivity index (χ4v) is 4.13. The van der Waals surface area contributed by atoms with Gasteiger partial charge in [0.25, 0.3) is 0 Å². The number of urea groups is 1. The van der Waals surface area contributed by atoms with Crippen LogP contribution in [0.2, 0.25) is 0 Å². The predicted molar refractivity (Wildman–Crippen MR) is 111 cm³/mol. The van der Waals surface area contributed by atoms with E-state index < -0.39 is 41.6 Å². The lowest BCUT2D eigenvalue weighted by Gasteiger charge is -2.43. The number of rotatable bonds is 3. The highest BCUT2D eigenvalue weighted by atomic mass is 19.4. The van der Waals surface area contributed by atoms with E-state index in [1.165, 1.54) is 18.9 Å². The van der Waals surface area contributed by atoms with E-state index in [9.17, 15) is 31.1 Å². The molecule has 1 fully saturated rings. The number of hydrogen-bond donors (Lipinski definition) is 1. The summed E-state index contributed by atoms with van der Waals surface area (Å²) in [6.45, 7) is 1.77. The van der Waals surface area contributed by atoms with E-state index in [1.54, 1.807) is 0 Å². The van der Waals surface area contributed by atoms with Gasteiger partial charge in [-0.25, -0.2) is 4.79 Å². The van der Waals surface area contributed by atoms with Crippen molar-refractivity contribution in [3.8, 4) is 0 Å². The average Bonchev–Trinajstić information content (AvgIpc) is 2.76. The maximum Gasteiger partial charge on any atom is 0.416 e. The monoisotopic (exact) mass is 473 g/mol. The second-order valence-electron chi connectivity index (χ2n) is 8.26. The SMILES string of the molecule is CC(c1cc(C(F)(F)F)cc(C(F)(F)F)c1)N(C)C(=O)N1CCC[C@H](N)[C@@H]1c1ccccc1. The molecule has 1 heterocycles. The number of piperidine rings is 1. The number of benzene rings is 2. The summed E-state index contributed by atoms with van der Waals surface area (Å²) in [4.78, 5) is 16.1. The largest absolute Gasteiger partial charge is 0.416 e. The zero-order chi connectivity index (χ0) is 24.6. The van der Waals surface area contributed by atoms with E-state index in [4.69, 9.17) is 5.73 Å². The van der Waals surface area contributed by atoms with Crippen molar-refractivity contribution < 1.29 is 31.1 Å². The highest BCUT2D eigenvalue weighted by Crippen LogP contribution is 2.39. The molecule has 0 aromatic heterocycles. The van der Waals surface area contributed by atoms with Crippen molar-refractivity contribution in [2.45, 2.75) is 50.2 Å². The molecule has 2 aromatic rings. The number of carbonyl (C=O) groups is 1. The van der Waals surface area contributed by atoms with Gasteiger partial charge in [-0.05, 0) is 49.1 Å². The summed E-state index contributed by atoms with van der Waals surface area (Å²) in [5.41, 5.74) is 4.03. The Balaban J connectivity index is 1.94. The molecule has 1 saturated heterocycles. The van der Waals surface area contributed by atoms with Crippen molar-refractivity contribution >= 4 is 6.03 Å². The fourth-order valence-electron chi connectivity index (χ4n) is 4.13. The van der Waals surface area contributed by atoms with Gasteiger partial charge in [-0.2, -0.15) is 26.3 Å². The molecule has 1 aliphatic rings. The van der Waals surface area contributed by atoms with Crippen LogP contribution in [0.4, 0.5) is 31.1 Å². The summed E-state index contributed by atoms with van der Waals surface area (Å²) in [5.74, 6) is 0. The first-order chi connectivity index (χ1) is 15.3. The molecule has 0 bridgehead atoms. The highest BCUT2D eigenvalue weighted by Gasteiger charge is 2.39. The summed E-state index contributed by atoms with van der Waals surface area (Å²) in [7, 11) is 1.36. The summed E-state index contributed by atoms with van der Waals surface area (Å²) >= 11 is 0. The maximum atomic E-state index is 13.4. The van der Waals surface area contributed by atoms with Gasteiger partial charge in [0.1, 0.15) is 0 Å². The summed E-state index contributed by atoms with van der Waals surface area (Å²) in [6.07, 6.45) is -8.60. The molecule has 2 aromatic carbocycles. The smallest absolute Gasteiger partial charge is 0.326 e. The van der Waals surface area contributed by atoms with Crippen molar-refractivity contribution in [3.05, 3.63) is 70.8 Å². The van der Waals surface area contributed by atoms with Crippen LogP contribution in [0.1, 0.15) is 54.1 Å². The molecule has 3 rings (SSSR count). The predicted octanol–water partition coefficient (Wildman–Crippen LogP) is 6.00. The zero-order valence-electron chi connectivity index (χ0n) is 18.1. The molecule has 4 nitrogen and oxygen atoms in total. The summed E-state index contributed by atoms with van der Waals surface area (Å²) < 4.78 is 79.6. The van der Waals surface area contributed by atoms with Crippen LogP contribution in [0.5, 0.6) is 0 Å². The second kappa shape index (κ2) is 9.24. The zero-order valence-corrected chi connectivity index (χ0v) is 18.1. The molecular weight excluding hydrogens is 448 g/mol. The minimum Gasteiger partial charge on any atom is -0.326 e. The number of likely N-dealkylation sites (tertiary alicyclic amines) is 1. The minimum absolute atomic E-state index is 0.0765. The molecule has 33 heavy (non-hydrogen) atoms. The van der Waals surface area contributed by atoms with Gasteiger partial charge in [-0.1, -0.05) is 30.3 Å². The van der Waals surface area contributed by atoms with Crippen LogP contribution in [0.25, 0.3) is 0 Å². The number of amides is 2. The molecule has 10 heteroatoms. The van der Waals surface area contributed by atoms with Crippen LogP contribution in [-0.4, -0.2) is 35.5 Å². The van der Waals surface area contributed by atoms with Crippen LogP contribution in [0.15, 0.2) is 48.5 Å². The third kappa shape index (κ3) is 5.43. The van der Waals surface area contributed by atoms with Crippen LogP contribution in [-0.2, 0) is 12.4 Å². The lowest BCUT2D eigenvalue weighted by molar-refractivity contribution is -0.143. The van der Waals surface area contributed by atoms with E-state index in [2.05, 4.69) is 0 Å². The highest BCUT2D eigenvalue weighted by molar-refractivity contribution is 5.75. The van der Waals surface area contributed by atoms with E-state index in [-0.39, 0.29) is 17.7 Å². The lowest BCUT2D eigenvalue weighted by Crippen LogP contribution is -2.52. The Morgan fingerprint density at radius 1 is 1.03 bits per heavy atom. The van der Waals surface area contributed by atoms with Crippen LogP contribution in [0, 0.1) is 0 Å². The Bertz CT molecular complexity index is 944. The molecule has 3 atom stereocenters. The van der Waals surface area contributed by atoms with Gasteiger partial charge < -0.3 is 15.5 Å². The minimum atomic E-state index is -4.96. The van der Waals surface area contributed by atoms with E-state index in [1.807, 2.05) is 30.3 Å².